The summed E-state index contributed by atoms with van der Waals surface area (Å²) < 4.78 is 2.98. The summed E-state index contributed by atoms with van der Waals surface area (Å²) in [5.74, 6) is 0. The summed E-state index contributed by atoms with van der Waals surface area (Å²) in [7, 11) is -0.702. The van der Waals surface area contributed by atoms with Gasteiger partial charge >= 0.3 is 0 Å². The van der Waals surface area contributed by atoms with Crippen LogP contribution in [0.5, 0.6) is 0 Å². The van der Waals surface area contributed by atoms with E-state index in [4.69, 9.17) is 0 Å². The number of aryl methyl sites for hydroxylation is 2. The molecule has 1 nitrogen and oxygen atoms in total. The smallest absolute Gasteiger partial charge is 0.0318 e. The van der Waals surface area contributed by atoms with Crippen molar-refractivity contribution in [3.05, 3.63) is 71.8 Å². The molecule has 0 N–H and O–H groups in total. The minimum atomic E-state index is -0.504. The Balaban J connectivity index is 2.09. The summed E-state index contributed by atoms with van der Waals surface area (Å²) in [5, 5.41) is 3.01. The molecule has 0 saturated heterocycles. The van der Waals surface area contributed by atoms with E-state index in [0.29, 0.717) is 0 Å². The molecule has 3 atom stereocenters. The second kappa shape index (κ2) is 10.9. The van der Waals surface area contributed by atoms with Crippen molar-refractivity contribution in [2.75, 3.05) is 6.54 Å². The number of allylic oxidation sites excluding steroid dienone is 2. The van der Waals surface area contributed by atoms with Crippen LogP contribution in [0.4, 0.5) is 0 Å². The van der Waals surface area contributed by atoms with Crippen molar-refractivity contribution >= 4 is 26.8 Å². The minimum absolute atomic E-state index is 0.198. The molecule has 0 aliphatic carbocycles. The molecule has 0 spiro atoms. The first-order valence-corrected chi connectivity index (χ1v) is 14.0. The van der Waals surface area contributed by atoms with E-state index in [0.717, 1.165) is 11.3 Å². The van der Waals surface area contributed by atoms with Gasteiger partial charge in [-0.05, 0) is 51.8 Å². The van der Waals surface area contributed by atoms with Crippen LogP contribution in [0, 0.1) is 13.8 Å². The highest BCUT2D eigenvalue weighted by atomic mass is 31.2. The van der Waals surface area contributed by atoms with Crippen molar-refractivity contribution in [2.45, 2.75) is 71.6 Å². The van der Waals surface area contributed by atoms with E-state index in [2.05, 4.69) is 99.7 Å². The zero-order chi connectivity index (χ0) is 20.8. The van der Waals surface area contributed by atoms with E-state index < -0.39 is 8.07 Å². The summed E-state index contributed by atoms with van der Waals surface area (Å²) in [6, 6.07) is 18.7. The third kappa shape index (κ3) is 5.38. The lowest BCUT2D eigenvalue weighted by molar-refractivity contribution is 0.629. The monoisotopic (exact) mass is 425 g/mol. The third-order valence-electron chi connectivity index (χ3n) is 5.84. The molecule has 1 aliphatic rings. The van der Waals surface area contributed by atoms with Crippen LogP contribution in [0.15, 0.2) is 60.7 Å². The molecule has 0 fully saturated rings. The Morgan fingerprint density at radius 3 is 1.59 bits per heavy atom. The molecule has 1 aliphatic heterocycles. The molecule has 0 bridgehead atoms. The van der Waals surface area contributed by atoms with E-state index in [-0.39, 0.29) is 8.07 Å². The molecule has 29 heavy (non-hydrogen) atoms. The van der Waals surface area contributed by atoms with Crippen LogP contribution in [0.25, 0.3) is 0 Å². The van der Waals surface area contributed by atoms with Gasteiger partial charge in [0.05, 0.1) is 0 Å². The van der Waals surface area contributed by atoms with Gasteiger partial charge < -0.3 is 0 Å². The lowest BCUT2D eigenvalue weighted by Crippen LogP contribution is -2.30. The first-order chi connectivity index (χ1) is 14.1. The maximum Gasteiger partial charge on any atom is 0.0318 e. The van der Waals surface area contributed by atoms with Crippen LogP contribution in [-0.2, 0) is 0 Å². The van der Waals surface area contributed by atoms with Crippen LogP contribution in [0.3, 0.4) is 0 Å². The number of unbranched alkanes of at least 4 members (excludes halogenated alkanes) is 1. The van der Waals surface area contributed by atoms with Gasteiger partial charge in [-0.2, -0.15) is 0 Å². The summed E-state index contributed by atoms with van der Waals surface area (Å²) in [5.41, 5.74) is 4.15. The molecule has 3 heteroatoms. The quantitative estimate of drug-likeness (QED) is 0.301. The number of hydrogen-bond donors (Lipinski definition) is 0. The molecule has 0 aromatic heterocycles. The zero-order valence-electron chi connectivity index (χ0n) is 18.8. The highest BCUT2D eigenvalue weighted by Crippen LogP contribution is 2.64. The summed E-state index contributed by atoms with van der Waals surface area (Å²) >= 11 is 0. The molecule has 3 rings (SSSR count). The van der Waals surface area contributed by atoms with Gasteiger partial charge in [0.1, 0.15) is 0 Å². The fourth-order valence-corrected chi connectivity index (χ4v) is 11.2. The predicted molar refractivity (Wildman–Crippen MR) is 134 cm³/mol. The maximum absolute atomic E-state index is 2.98. The van der Waals surface area contributed by atoms with Gasteiger partial charge in [0, 0.05) is 25.9 Å². The van der Waals surface area contributed by atoms with Crippen molar-refractivity contribution in [1.29, 1.82) is 0 Å². The van der Waals surface area contributed by atoms with E-state index in [1.165, 1.54) is 54.0 Å². The standard InChI is InChI=1S/C26H37NP2/c1-6-9-20-27(28-23(7-2)18-19-24(28)8-3)29(25-14-10-21(4)11-15-25)26-16-12-22(5)13-17-26/h10-19,23-24H,6-9,20H2,1-5H3/t23-,24?,28?/m1/s1. The lowest BCUT2D eigenvalue weighted by atomic mass is 10.2. The maximum atomic E-state index is 2.98. The predicted octanol–water partition coefficient (Wildman–Crippen LogP) is 7.28. The number of benzene rings is 2. The Bertz CT molecular complexity index is 722. The van der Waals surface area contributed by atoms with Crippen LogP contribution < -0.4 is 10.6 Å². The fraction of sp³-hybridized carbons (Fsp3) is 0.462. The van der Waals surface area contributed by atoms with Crippen molar-refractivity contribution in [1.82, 2.24) is 4.44 Å². The first kappa shape index (κ1) is 22.7. The Hall–Kier alpha value is -1.00. The van der Waals surface area contributed by atoms with Crippen LogP contribution >= 0.6 is 16.1 Å². The minimum Gasteiger partial charge on any atom is -0.251 e. The second-order valence-electron chi connectivity index (χ2n) is 8.15. The van der Waals surface area contributed by atoms with E-state index in [9.17, 15) is 0 Å². The van der Waals surface area contributed by atoms with Crippen LogP contribution in [0.2, 0.25) is 0 Å². The van der Waals surface area contributed by atoms with Gasteiger partial charge in [-0.3, -0.25) is 4.44 Å². The number of rotatable bonds is 9. The molecular formula is C26H37NP2. The molecular weight excluding hydrogens is 388 g/mol. The van der Waals surface area contributed by atoms with E-state index >= 15 is 0 Å². The highest BCUT2D eigenvalue weighted by molar-refractivity contribution is 7.80. The summed E-state index contributed by atoms with van der Waals surface area (Å²) in [4.78, 5) is 0. The van der Waals surface area contributed by atoms with Crippen molar-refractivity contribution in [2.24, 2.45) is 0 Å². The zero-order valence-corrected chi connectivity index (χ0v) is 20.6. The first-order valence-electron chi connectivity index (χ1n) is 11.3. The van der Waals surface area contributed by atoms with Crippen LogP contribution in [-0.4, -0.2) is 22.3 Å². The normalized spacial score (nSPS) is 21.4. The van der Waals surface area contributed by atoms with Gasteiger partial charge in [-0.25, -0.2) is 0 Å². The average molecular weight is 426 g/mol. The molecule has 0 amide bonds. The highest BCUT2D eigenvalue weighted by Gasteiger charge is 2.38. The molecule has 1 heterocycles. The molecule has 156 valence electrons. The molecule has 0 radical (unpaired) electrons. The van der Waals surface area contributed by atoms with Gasteiger partial charge in [-0.1, -0.05) is 99.0 Å². The number of hydrogen-bond acceptors (Lipinski definition) is 1. The van der Waals surface area contributed by atoms with Crippen LogP contribution in [0.1, 0.15) is 57.6 Å². The molecule has 2 unspecified atom stereocenters. The Labute approximate surface area is 181 Å². The summed E-state index contributed by atoms with van der Waals surface area (Å²) in [6.07, 6.45) is 10.1. The summed E-state index contributed by atoms with van der Waals surface area (Å²) in [6.45, 7) is 12.7. The van der Waals surface area contributed by atoms with E-state index in [1.54, 1.807) is 0 Å². The molecule has 2 aromatic carbocycles. The topological polar surface area (TPSA) is 3.24 Å². The van der Waals surface area contributed by atoms with Gasteiger partial charge in [-0.15, -0.1) is 0 Å². The Morgan fingerprint density at radius 1 is 0.759 bits per heavy atom. The van der Waals surface area contributed by atoms with Crippen molar-refractivity contribution in [3.63, 3.8) is 0 Å². The van der Waals surface area contributed by atoms with Gasteiger partial charge in [0.25, 0.3) is 0 Å². The van der Waals surface area contributed by atoms with Gasteiger partial charge in [0.2, 0.25) is 0 Å². The third-order valence-corrected chi connectivity index (χ3v) is 12.4. The fourth-order valence-electron chi connectivity index (χ4n) is 4.07. The van der Waals surface area contributed by atoms with Crippen molar-refractivity contribution < 1.29 is 0 Å². The molecule has 2 aromatic rings. The van der Waals surface area contributed by atoms with E-state index in [1.807, 2.05) is 0 Å². The Kier molecular flexibility index (Phi) is 8.49. The average Bonchev–Trinajstić information content (AvgIpc) is 3.16. The molecule has 0 saturated carbocycles. The largest absolute Gasteiger partial charge is 0.251 e. The van der Waals surface area contributed by atoms with Gasteiger partial charge in [0.15, 0.2) is 0 Å². The SMILES string of the molecule is CCCCN(P(c1ccc(C)cc1)c1ccc(C)cc1)P1C(CC)C=C[C@H]1CC. The second-order valence-corrected chi connectivity index (χ2v) is 13.2. The van der Waals surface area contributed by atoms with Crippen molar-refractivity contribution in [3.8, 4) is 0 Å². The lowest BCUT2D eigenvalue weighted by Gasteiger charge is -2.42. The Morgan fingerprint density at radius 2 is 1.21 bits per heavy atom. The number of nitrogens with zero attached hydrogens (tertiary/aromatic N) is 1.